The van der Waals surface area contributed by atoms with Crippen LogP contribution in [0.25, 0.3) is 0 Å². The predicted molar refractivity (Wildman–Crippen MR) is 79.0 cm³/mol. The predicted octanol–water partition coefficient (Wildman–Crippen LogP) is 3.91. The molecule has 94 valence electrons. The molecular weight excluding hydrogens is 382 g/mol. The van der Waals surface area contributed by atoms with Crippen LogP contribution in [0.1, 0.15) is 15.2 Å². The SMILES string of the molecule is O=C(NCc1cccc(O)c1)c1cc(Br)c(Br)s1. The summed E-state index contributed by atoms with van der Waals surface area (Å²) in [6, 6.07) is 8.58. The minimum absolute atomic E-state index is 0.130. The van der Waals surface area contributed by atoms with Gasteiger partial charge in [-0.25, -0.2) is 0 Å². The molecule has 0 bridgehead atoms. The van der Waals surface area contributed by atoms with E-state index >= 15 is 0 Å². The zero-order chi connectivity index (χ0) is 13.1. The number of thiophene rings is 1. The fraction of sp³-hybridized carbons (Fsp3) is 0.0833. The van der Waals surface area contributed by atoms with Gasteiger partial charge < -0.3 is 10.4 Å². The lowest BCUT2D eigenvalue weighted by Crippen LogP contribution is -2.21. The summed E-state index contributed by atoms with van der Waals surface area (Å²) in [6.07, 6.45) is 0. The van der Waals surface area contributed by atoms with Gasteiger partial charge in [-0.2, -0.15) is 0 Å². The molecule has 0 unspecified atom stereocenters. The number of aromatic hydroxyl groups is 1. The van der Waals surface area contributed by atoms with E-state index in [1.54, 1.807) is 24.3 Å². The molecule has 2 rings (SSSR count). The number of hydrogen-bond acceptors (Lipinski definition) is 3. The first-order valence-corrected chi connectivity index (χ1v) is 7.47. The van der Waals surface area contributed by atoms with Crippen LogP contribution in [-0.4, -0.2) is 11.0 Å². The topological polar surface area (TPSA) is 49.3 Å². The maximum absolute atomic E-state index is 11.9. The maximum Gasteiger partial charge on any atom is 0.261 e. The largest absolute Gasteiger partial charge is 0.508 e. The van der Waals surface area contributed by atoms with Crippen LogP contribution in [0.4, 0.5) is 0 Å². The van der Waals surface area contributed by atoms with Crippen molar-refractivity contribution < 1.29 is 9.90 Å². The van der Waals surface area contributed by atoms with E-state index in [4.69, 9.17) is 0 Å². The number of carbonyl (C=O) groups is 1. The zero-order valence-electron chi connectivity index (χ0n) is 9.11. The Kier molecular flexibility index (Phi) is 4.42. The van der Waals surface area contributed by atoms with E-state index in [-0.39, 0.29) is 11.7 Å². The van der Waals surface area contributed by atoms with Crippen molar-refractivity contribution in [2.24, 2.45) is 0 Å². The lowest BCUT2D eigenvalue weighted by molar-refractivity contribution is 0.0955. The molecule has 2 aromatic rings. The van der Waals surface area contributed by atoms with Crippen molar-refractivity contribution in [1.29, 1.82) is 0 Å². The molecule has 0 radical (unpaired) electrons. The Morgan fingerprint density at radius 1 is 1.33 bits per heavy atom. The van der Waals surface area contributed by atoms with Crippen LogP contribution >= 0.6 is 43.2 Å². The Morgan fingerprint density at radius 3 is 2.72 bits per heavy atom. The van der Waals surface area contributed by atoms with Crippen LogP contribution in [-0.2, 0) is 6.54 Å². The van der Waals surface area contributed by atoms with Crippen molar-refractivity contribution in [2.75, 3.05) is 0 Å². The molecule has 1 heterocycles. The van der Waals surface area contributed by atoms with Gasteiger partial charge in [-0.05, 0) is 55.6 Å². The minimum Gasteiger partial charge on any atom is -0.508 e. The van der Waals surface area contributed by atoms with Gasteiger partial charge in [0.25, 0.3) is 5.91 Å². The third-order valence-corrected chi connectivity index (χ3v) is 5.49. The van der Waals surface area contributed by atoms with E-state index in [0.717, 1.165) is 13.8 Å². The first kappa shape index (κ1) is 13.6. The number of benzene rings is 1. The van der Waals surface area contributed by atoms with Crippen LogP contribution < -0.4 is 5.32 Å². The second-order valence-corrected chi connectivity index (χ2v) is 6.81. The van der Waals surface area contributed by atoms with Gasteiger partial charge in [-0.1, -0.05) is 12.1 Å². The van der Waals surface area contributed by atoms with Crippen molar-refractivity contribution in [3.63, 3.8) is 0 Å². The summed E-state index contributed by atoms with van der Waals surface area (Å²) >= 11 is 8.06. The smallest absolute Gasteiger partial charge is 0.261 e. The van der Waals surface area contributed by atoms with E-state index in [1.807, 2.05) is 6.07 Å². The molecule has 3 nitrogen and oxygen atoms in total. The summed E-state index contributed by atoms with van der Waals surface area (Å²) in [6.45, 7) is 0.389. The summed E-state index contributed by atoms with van der Waals surface area (Å²) in [7, 11) is 0. The third-order valence-electron chi connectivity index (χ3n) is 2.23. The molecule has 0 atom stereocenters. The highest BCUT2D eigenvalue weighted by atomic mass is 79.9. The quantitative estimate of drug-likeness (QED) is 0.834. The summed E-state index contributed by atoms with van der Waals surface area (Å²) in [5.74, 6) is 0.0677. The summed E-state index contributed by atoms with van der Waals surface area (Å²) in [4.78, 5) is 12.5. The first-order valence-electron chi connectivity index (χ1n) is 5.07. The number of phenolic OH excluding ortho intramolecular Hbond substituents is 1. The van der Waals surface area contributed by atoms with Gasteiger partial charge in [0.05, 0.1) is 8.66 Å². The second kappa shape index (κ2) is 5.86. The maximum atomic E-state index is 11.9. The molecule has 1 amide bonds. The zero-order valence-corrected chi connectivity index (χ0v) is 13.1. The third kappa shape index (κ3) is 3.34. The summed E-state index contributed by atoms with van der Waals surface area (Å²) in [5, 5.41) is 12.1. The molecule has 0 saturated carbocycles. The van der Waals surface area contributed by atoms with Gasteiger partial charge in [0.15, 0.2) is 0 Å². The van der Waals surface area contributed by atoms with E-state index in [0.29, 0.717) is 11.4 Å². The molecule has 0 aliphatic rings. The van der Waals surface area contributed by atoms with E-state index < -0.39 is 0 Å². The Bertz CT molecular complexity index is 564. The Morgan fingerprint density at radius 2 is 2.11 bits per heavy atom. The average Bonchev–Trinajstić information content (AvgIpc) is 2.67. The minimum atomic E-state index is -0.130. The standard InChI is InChI=1S/C12H9Br2NO2S/c13-9-5-10(18-11(9)14)12(17)15-6-7-2-1-3-8(16)4-7/h1-5,16H,6H2,(H,15,17). The van der Waals surface area contributed by atoms with E-state index in [2.05, 4.69) is 37.2 Å². The van der Waals surface area contributed by atoms with Crippen molar-refractivity contribution in [1.82, 2.24) is 5.32 Å². The number of nitrogens with one attached hydrogen (secondary N) is 1. The molecular formula is C12H9Br2NO2S. The van der Waals surface area contributed by atoms with Crippen molar-refractivity contribution in [2.45, 2.75) is 6.54 Å². The lowest BCUT2D eigenvalue weighted by Gasteiger charge is -2.04. The monoisotopic (exact) mass is 389 g/mol. The van der Waals surface area contributed by atoms with Crippen molar-refractivity contribution >= 4 is 49.1 Å². The number of phenols is 1. The van der Waals surface area contributed by atoms with Gasteiger partial charge in [0.1, 0.15) is 5.75 Å². The highest BCUT2D eigenvalue weighted by Crippen LogP contribution is 2.32. The molecule has 1 aromatic carbocycles. The Labute approximate surface area is 125 Å². The number of hydrogen-bond donors (Lipinski definition) is 2. The first-order chi connectivity index (χ1) is 8.56. The molecule has 0 saturated heterocycles. The Balaban J connectivity index is 2.00. The molecule has 18 heavy (non-hydrogen) atoms. The number of halogens is 2. The van der Waals surface area contributed by atoms with E-state index in [9.17, 15) is 9.90 Å². The lowest BCUT2D eigenvalue weighted by atomic mass is 10.2. The van der Waals surface area contributed by atoms with Crippen LogP contribution in [0.5, 0.6) is 5.75 Å². The van der Waals surface area contributed by atoms with Crippen LogP contribution in [0.15, 0.2) is 38.6 Å². The molecule has 0 spiro atoms. The number of amides is 1. The molecule has 2 N–H and O–H groups in total. The average molecular weight is 391 g/mol. The molecule has 0 aliphatic carbocycles. The fourth-order valence-electron chi connectivity index (χ4n) is 1.39. The summed E-state index contributed by atoms with van der Waals surface area (Å²) < 4.78 is 1.76. The van der Waals surface area contributed by atoms with Crippen LogP contribution in [0, 0.1) is 0 Å². The molecule has 0 aliphatic heterocycles. The van der Waals surface area contributed by atoms with Gasteiger partial charge in [0.2, 0.25) is 0 Å². The molecule has 1 aromatic heterocycles. The van der Waals surface area contributed by atoms with Gasteiger partial charge in [-0.3, -0.25) is 4.79 Å². The van der Waals surface area contributed by atoms with Crippen molar-refractivity contribution in [3.8, 4) is 5.75 Å². The molecule has 6 heteroatoms. The Hall–Kier alpha value is -0.850. The van der Waals surface area contributed by atoms with Gasteiger partial charge >= 0.3 is 0 Å². The second-order valence-electron chi connectivity index (χ2n) is 3.58. The van der Waals surface area contributed by atoms with Gasteiger partial charge in [-0.15, -0.1) is 11.3 Å². The molecule has 0 fully saturated rings. The number of carbonyl (C=O) groups excluding carboxylic acids is 1. The number of rotatable bonds is 3. The van der Waals surface area contributed by atoms with Gasteiger partial charge in [0, 0.05) is 11.0 Å². The normalized spacial score (nSPS) is 10.3. The summed E-state index contributed by atoms with van der Waals surface area (Å²) in [5.41, 5.74) is 0.859. The van der Waals surface area contributed by atoms with Crippen molar-refractivity contribution in [3.05, 3.63) is 49.0 Å². The highest BCUT2D eigenvalue weighted by molar-refractivity contribution is 9.13. The van der Waals surface area contributed by atoms with Crippen LogP contribution in [0.2, 0.25) is 0 Å². The fourth-order valence-corrected chi connectivity index (χ4v) is 3.35. The van der Waals surface area contributed by atoms with E-state index in [1.165, 1.54) is 11.3 Å². The highest BCUT2D eigenvalue weighted by Gasteiger charge is 2.11. The van der Waals surface area contributed by atoms with Crippen LogP contribution in [0.3, 0.4) is 0 Å².